The first-order valence-corrected chi connectivity index (χ1v) is 6.94. The third-order valence-electron chi connectivity index (χ3n) is 4.29. The highest BCUT2D eigenvalue weighted by Crippen LogP contribution is 2.28. The summed E-state index contributed by atoms with van der Waals surface area (Å²) < 4.78 is 13.9. The summed E-state index contributed by atoms with van der Waals surface area (Å²) in [5.41, 5.74) is 1.05. The largest absolute Gasteiger partial charge is 0.334 e. The Morgan fingerprint density at radius 3 is 3.05 bits per heavy atom. The topological polar surface area (TPSA) is 32.3 Å². The zero-order valence-corrected chi connectivity index (χ0v) is 11.2. The average Bonchev–Trinajstić information content (AvgIpc) is 2.86. The molecule has 1 aromatic rings. The summed E-state index contributed by atoms with van der Waals surface area (Å²) in [6.45, 7) is 4.39. The Morgan fingerprint density at radius 1 is 1.42 bits per heavy atom. The maximum Gasteiger partial charge on any atom is 0.257 e. The van der Waals surface area contributed by atoms with Crippen molar-refractivity contribution in [2.45, 2.75) is 25.8 Å². The molecule has 0 aromatic heterocycles. The highest BCUT2D eigenvalue weighted by molar-refractivity contribution is 5.95. The summed E-state index contributed by atoms with van der Waals surface area (Å²) in [4.78, 5) is 14.4. The van der Waals surface area contributed by atoms with Gasteiger partial charge in [-0.05, 0) is 43.4 Å². The van der Waals surface area contributed by atoms with Gasteiger partial charge in [0.25, 0.3) is 5.91 Å². The van der Waals surface area contributed by atoms with E-state index >= 15 is 0 Å². The fourth-order valence-corrected chi connectivity index (χ4v) is 3.27. The van der Waals surface area contributed by atoms with Crippen LogP contribution >= 0.6 is 0 Å². The molecule has 1 aromatic carbocycles. The quantitative estimate of drug-likeness (QED) is 0.839. The molecule has 3 rings (SSSR count). The van der Waals surface area contributed by atoms with Crippen molar-refractivity contribution in [1.82, 2.24) is 10.2 Å². The molecule has 3 nitrogen and oxygen atoms in total. The van der Waals surface area contributed by atoms with Gasteiger partial charge < -0.3 is 10.2 Å². The number of amides is 1. The highest BCUT2D eigenvalue weighted by Gasteiger charge is 2.38. The molecule has 0 saturated carbocycles. The number of likely N-dealkylation sites (tertiary alicyclic amines) is 1. The minimum atomic E-state index is -0.405. The second kappa shape index (κ2) is 4.93. The Balaban J connectivity index is 1.86. The van der Waals surface area contributed by atoms with Gasteiger partial charge in [-0.3, -0.25) is 4.79 Å². The number of rotatable bonds is 1. The van der Waals surface area contributed by atoms with Gasteiger partial charge >= 0.3 is 0 Å². The van der Waals surface area contributed by atoms with Crippen molar-refractivity contribution in [2.24, 2.45) is 5.92 Å². The first kappa shape index (κ1) is 12.6. The zero-order valence-electron chi connectivity index (χ0n) is 11.2. The Morgan fingerprint density at radius 2 is 2.26 bits per heavy atom. The summed E-state index contributed by atoms with van der Waals surface area (Å²) >= 11 is 0. The number of carbonyl (C=O) groups excluding carboxylic acids is 1. The van der Waals surface area contributed by atoms with Crippen molar-refractivity contribution < 1.29 is 9.18 Å². The molecule has 2 fully saturated rings. The number of carbonyl (C=O) groups is 1. The SMILES string of the molecule is Cc1ccc(C(=O)N2CCCC3CNCC32)c(F)c1. The van der Waals surface area contributed by atoms with Crippen LogP contribution in [0.3, 0.4) is 0 Å². The van der Waals surface area contributed by atoms with E-state index in [4.69, 9.17) is 0 Å². The van der Waals surface area contributed by atoms with Crippen LogP contribution in [0.4, 0.5) is 4.39 Å². The lowest BCUT2D eigenvalue weighted by molar-refractivity contribution is 0.0570. The van der Waals surface area contributed by atoms with Crippen molar-refractivity contribution >= 4 is 5.91 Å². The third-order valence-corrected chi connectivity index (χ3v) is 4.29. The molecule has 0 bridgehead atoms. The van der Waals surface area contributed by atoms with Crippen molar-refractivity contribution in [3.05, 3.63) is 35.1 Å². The van der Waals surface area contributed by atoms with Crippen LogP contribution in [0.1, 0.15) is 28.8 Å². The van der Waals surface area contributed by atoms with Crippen molar-refractivity contribution in [2.75, 3.05) is 19.6 Å². The smallest absolute Gasteiger partial charge is 0.257 e. The number of nitrogens with zero attached hydrogens (tertiary/aromatic N) is 1. The number of nitrogens with one attached hydrogen (secondary N) is 1. The van der Waals surface area contributed by atoms with Gasteiger partial charge in [-0.15, -0.1) is 0 Å². The van der Waals surface area contributed by atoms with Gasteiger partial charge in [0.2, 0.25) is 0 Å². The number of fused-ring (bicyclic) bond motifs is 1. The molecular formula is C15H19FN2O. The van der Waals surface area contributed by atoms with Crippen LogP contribution in [-0.2, 0) is 0 Å². The molecule has 2 unspecified atom stereocenters. The Hall–Kier alpha value is -1.42. The first-order valence-electron chi connectivity index (χ1n) is 6.94. The molecule has 4 heteroatoms. The third kappa shape index (κ3) is 2.25. The Bertz CT molecular complexity index is 503. The Labute approximate surface area is 112 Å². The molecule has 0 radical (unpaired) electrons. The van der Waals surface area contributed by atoms with Gasteiger partial charge in [-0.25, -0.2) is 4.39 Å². The predicted molar refractivity (Wildman–Crippen MR) is 71.6 cm³/mol. The minimum absolute atomic E-state index is 0.157. The van der Waals surface area contributed by atoms with Crippen LogP contribution in [0, 0.1) is 18.7 Å². The summed E-state index contributed by atoms with van der Waals surface area (Å²) in [5.74, 6) is -0.0276. The van der Waals surface area contributed by atoms with E-state index in [0.29, 0.717) is 5.92 Å². The van der Waals surface area contributed by atoms with Crippen molar-refractivity contribution in [3.63, 3.8) is 0 Å². The maximum absolute atomic E-state index is 13.9. The van der Waals surface area contributed by atoms with Gasteiger partial charge in [0.15, 0.2) is 0 Å². The molecule has 1 N–H and O–H groups in total. The molecule has 2 atom stereocenters. The summed E-state index contributed by atoms with van der Waals surface area (Å²) in [6, 6.07) is 5.08. The average molecular weight is 262 g/mol. The lowest BCUT2D eigenvalue weighted by Gasteiger charge is -2.37. The second-order valence-corrected chi connectivity index (χ2v) is 5.61. The van der Waals surface area contributed by atoms with Crippen LogP contribution in [0.25, 0.3) is 0 Å². The molecule has 0 aliphatic carbocycles. The highest BCUT2D eigenvalue weighted by atomic mass is 19.1. The normalized spacial score (nSPS) is 26.3. The molecule has 2 heterocycles. The monoisotopic (exact) mass is 262 g/mol. The standard InChI is InChI=1S/C15H19FN2O/c1-10-4-5-12(13(16)7-10)15(19)18-6-2-3-11-8-17-9-14(11)18/h4-5,7,11,14,17H,2-3,6,8-9H2,1H3. The number of piperidine rings is 1. The van der Waals surface area contributed by atoms with Crippen LogP contribution in [0.5, 0.6) is 0 Å². The molecule has 2 aliphatic rings. The number of halogens is 1. The fourth-order valence-electron chi connectivity index (χ4n) is 3.27. The number of hydrogen-bond donors (Lipinski definition) is 1. The number of hydrogen-bond acceptors (Lipinski definition) is 2. The van der Waals surface area contributed by atoms with Crippen LogP contribution in [0.15, 0.2) is 18.2 Å². The van der Waals surface area contributed by atoms with E-state index in [0.717, 1.165) is 38.0 Å². The van der Waals surface area contributed by atoms with E-state index in [9.17, 15) is 9.18 Å². The van der Waals surface area contributed by atoms with Gasteiger partial charge in [0.1, 0.15) is 5.82 Å². The second-order valence-electron chi connectivity index (χ2n) is 5.61. The van der Waals surface area contributed by atoms with Gasteiger partial charge in [0.05, 0.1) is 5.56 Å². The molecular weight excluding hydrogens is 243 g/mol. The molecule has 0 spiro atoms. The van der Waals surface area contributed by atoms with Crippen LogP contribution in [0.2, 0.25) is 0 Å². The molecule has 1 amide bonds. The zero-order chi connectivity index (χ0) is 13.4. The molecule has 2 saturated heterocycles. The van der Waals surface area contributed by atoms with E-state index in [2.05, 4.69) is 5.32 Å². The summed E-state index contributed by atoms with van der Waals surface area (Å²) in [7, 11) is 0. The van der Waals surface area contributed by atoms with Crippen LogP contribution in [-0.4, -0.2) is 36.5 Å². The van der Waals surface area contributed by atoms with E-state index in [1.165, 1.54) is 6.07 Å². The van der Waals surface area contributed by atoms with Gasteiger partial charge in [-0.1, -0.05) is 6.07 Å². The summed E-state index contributed by atoms with van der Waals surface area (Å²) in [6.07, 6.45) is 2.18. The predicted octanol–water partition coefficient (Wildman–Crippen LogP) is 1.96. The summed E-state index contributed by atoms with van der Waals surface area (Å²) in [5, 5.41) is 3.34. The van der Waals surface area contributed by atoms with Gasteiger partial charge in [0, 0.05) is 25.7 Å². The first-order chi connectivity index (χ1) is 9.16. The number of aryl methyl sites for hydroxylation is 1. The van der Waals surface area contributed by atoms with E-state index in [-0.39, 0.29) is 17.5 Å². The molecule has 19 heavy (non-hydrogen) atoms. The van der Waals surface area contributed by atoms with Gasteiger partial charge in [-0.2, -0.15) is 0 Å². The van der Waals surface area contributed by atoms with E-state index < -0.39 is 5.82 Å². The lowest BCUT2D eigenvalue weighted by Crippen LogP contribution is -2.48. The minimum Gasteiger partial charge on any atom is -0.334 e. The van der Waals surface area contributed by atoms with E-state index in [1.807, 2.05) is 11.8 Å². The lowest BCUT2D eigenvalue weighted by atomic mass is 9.91. The fraction of sp³-hybridized carbons (Fsp3) is 0.533. The molecule has 102 valence electrons. The number of benzene rings is 1. The van der Waals surface area contributed by atoms with Crippen molar-refractivity contribution in [3.8, 4) is 0 Å². The van der Waals surface area contributed by atoms with E-state index in [1.54, 1.807) is 12.1 Å². The molecule has 2 aliphatic heterocycles. The Kier molecular flexibility index (Phi) is 3.27. The maximum atomic E-state index is 13.9. The van der Waals surface area contributed by atoms with Crippen molar-refractivity contribution in [1.29, 1.82) is 0 Å². The van der Waals surface area contributed by atoms with Crippen LogP contribution < -0.4 is 5.32 Å².